The van der Waals surface area contributed by atoms with Gasteiger partial charge in [-0.25, -0.2) is 0 Å². The van der Waals surface area contributed by atoms with Crippen molar-refractivity contribution in [1.29, 1.82) is 0 Å². The molecule has 3 nitrogen and oxygen atoms in total. The van der Waals surface area contributed by atoms with Crippen LogP contribution in [0.1, 0.15) is 135 Å². The lowest BCUT2D eigenvalue weighted by Crippen LogP contribution is -1.84. The normalized spacial score (nSPS) is 10.8. The van der Waals surface area contributed by atoms with E-state index in [-0.39, 0.29) is 0 Å². The summed E-state index contributed by atoms with van der Waals surface area (Å²) in [5.74, 6) is 0. The molecule has 0 aromatic carbocycles. The summed E-state index contributed by atoms with van der Waals surface area (Å²) in [4.78, 5) is 2.78. The van der Waals surface area contributed by atoms with Gasteiger partial charge >= 0.3 is 0 Å². The number of nitrogens with zero attached hydrogens (tertiary/aromatic N) is 3. The van der Waals surface area contributed by atoms with E-state index in [1.807, 2.05) is 0 Å². The van der Waals surface area contributed by atoms with E-state index in [4.69, 9.17) is 5.53 Å². The molecule has 0 saturated carbocycles. The molecule has 0 rings (SSSR count). The van der Waals surface area contributed by atoms with Gasteiger partial charge in [-0.3, -0.25) is 0 Å². The predicted octanol–water partition coefficient (Wildman–Crippen LogP) is 9.12. The van der Waals surface area contributed by atoms with Gasteiger partial charge in [0.05, 0.1) is 0 Å². The van der Waals surface area contributed by atoms with Crippen molar-refractivity contribution in [2.75, 3.05) is 6.54 Å². The average molecular weight is 352 g/mol. The maximum Gasteiger partial charge on any atom is 0.0257 e. The van der Waals surface area contributed by atoms with Gasteiger partial charge in [-0.05, 0) is 12.0 Å². The van der Waals surface area contributed by atoms with E-state index in [2.05, 4.69) is 16.9 Å². The zero-order valence-corrected chi connectivity index (χ0v) is 17.2. The minimum absolute atomic E-state index is 0.676. The van der Waals surface area contributed by atoms with Crippen LogP contribution < -0.4 is 0 Å². The van der Waals surface area contributed by atoms with E-state index in [1.54, 1.807) is 0 Å². The molecule has 0 unspecified atom stereocenters. The quantitative estimate of drug-likeness (QED) is 0.0856. The molecule has 0 atom stereocenters. The molecular weight excluding hydrogens is 306 g/mol. The van der Waals surface area contributed by atoms with E-state index in [0.717, 1.165) is 6.42 Å². The number of azide groups is 1. The largest absolute Gasteiger partial charge is 0.0940 e. The van der Waals surface area contributed by atoms with E-state index in [9.17, 15) is 0 Å². The summed E-state index contributed by atoms with van der Waals surface area (Å²) in [5, 5.41) is 3.57. The van der Waals surface area contributed by atoms with Gasteiger partial charge in [0.15, 0.2) is 0 Å². The van der Waals surface area contributed by atoms with Crippen molar-refractivity contribution in [3.05, 3.63) is 10.4 Å². The summed E-state index contributed by atoms with van der Waals surface area (Å²) < 4.78 is 0. The average Bonchev–Trinajstić information content (AvgIpc) is 2.63. The van der Waals surface area contributed by atoms with Crippen LogP contribution in [-0.4, -0.2) is 6.54 Å². The molecule has 0 radical (unpaired) electrons. The molecule has 148 valence electrons. The lowest BCUT2D eigenvalue weighted by atomic mass is 10.0. The highest BCUT2D eigenvalue weighted by Gasteiger charge is 1.95. The van der Waals surface area contributed by atoms with Crippen molar-refractivity contribution in [1.82, 2.24) is 0 Å². The molecule has 0 bridgehead atoms. The maximum absolute atomic E-state index is 8.18. The molecule has 0 aliphatic carbocycles. The molecule has 0 spiro atoms. The van der Waals surface area contributed by atoms with E-state index < -0.39 is 0 Å². The smallest absolute Gasteiger partial charge is 0.0257 e. The zero-order chi connectivity index (χ0) is 18.3. The molecule has 0 fully saturated rings. The Morgan fingerprint density at radius 2 is 0.760 bits per heavy atom. The fourth-order valence-electron chi connectivity index (χ4n) is 3.48. The number of rotatable bonds is 21. The van der Waals surface area contributed by atoms with Gasteiger partial charge in [0.2, 0.25) is 0 Å². The Bertz CT molecular complexity index is 285. The molecule has 0 heterocycles. The molecule has 0 N–H and O–H groups in total. The first-order valence-electron chi connectivity index (χ1n) is 11.4. The van der Waals surface area contributed by atoms with Crippen LogP contribution in [0.25, 0.3) is 10.4 Å². The lowest BCUT2D eigenvalue weighted by molar-refractivity contribution is 0.522. The molecule has 25 heavy (non-hydrogen) atoms. The highest BCUT2D eigenvalue weighted by molar-refractivity contribution is 4.52. The van der Waals surface area contributed by atoms with Crippen molar-refractivity contribution >= 4 is 0 Å². The zero-order valence-electron chi connectivity index (χ0n) is 17.2. The van der Waals surface area contributed by atoms with Gasteiger partial charge in [-0.2, -0.15) is 0 Å². The third-order valence-electron chi connectivity index (χ3n) is 5.17. The maximum atomic E-state index is 8.18. The van der Waals surface area contributed by atoms with E-state index in [0.29, 0.717) is 6.54 Å². The Hall–Kier alpha value is -0.690. The second-order valence-corrected chi connectivity index (χ2v) is 7.67. The van der Waals surface area contributed by atoms with Crippen LogP contribution in [0.3, 0.4) is 0 Å². The molecule has 0 aromatic rings. The Morgan fingerprint density at radius 1 is 0.480 bits per heavy atom. The minimum atomic E-state index is 0.676. The Labute approximate surface area is 158 Å². The van der Waals surface area contributed by atoms with E-state index >= 15 is 0 Å². The van der Waals surface area contributed by atoms with Crippen molar-refractivity contribution in [3.8, 4) is 0 Å². The summed E-state index contributed by atoms with van der Waals surface area (Å²) in [5.41, 5.74) is 8.18. The molecule has 0 aromatic heterocycles. The summed E-state index contributed by atoms with van der Waals surface area (Å²) in [6.07, 6.45) is 28.0. The van der Waals surface area contributed by atoms with Gasteiger partial charge in [0, 0.05) is 11.5 Å². The SMILES string of the molecule is CCCCCCCCCCCCCCCCCCCCCCN=[N+]=[N-]. The fraction of sp³-hybridized carbons (Fsp3) is 1.00. The van der Waals surface area contributed by atoms with Gasteiger partial charge in [-0.15, -0.1) is 0 Å². The minimum Gasteiger partial charge on any atom is -0.0940 e. The summed E-state index contributed by atoms with van der Waals surface area (Å²) in [7, 11) is 0. The van der Waals surface area contributed by atoms with Crippen molar-refractivity contribution in [3.63, 3.8) is 0 Å². The number of unbranched alkanes of at least 4 members (excludes halogenated alkanes) is 19. The van der Waals surface area contributed by atoms with Crippen LogP contribution in [0.4, 0.5) is 0 Å². The number of hydrogen-bond acceptors (Lipinski definition) is 1. The van der Waals surface area contributed by atoms with Crippen LogP contribution in [0.15, 0.2) is 5.11 Å². The van der Waals surface area contributed by atoms with Crippen LogP contribution in [0, 0.1) is 0 Å². The van der Waals surface area contributed by atoms with Crippen molar-refractivity contribution < 1.29 is 0 Å². The predicted molar refractivity (Wildman–Crippen MR) is 112 cm³/mol. The topological polar surface area (TPSA) is 48.8 Å². The van der Waals surface area contributed by atoms with Crippen molar-refractivity contribution in [2.45, 2.75) is 135 Å². The highest BCUT2D eigenvalue weighted by Crippen LogP contribution is 2.14. The highest BCUT2D eigenvalue weighted by atomic mass is 15.1. The van der Waals surface area contributed by atoms with Crippen LogP contribution in [0.2, 0.25) is 0 Å². The molecular formula is C22H45N3. The Kier molecular flexibility index (Phi) is 22.7. The summed E-state index contributed by atoms with van der Waals surface area (Å²) >= 11 is 0. The standard InChI is InChI=1S/C22H45N3/c1-2-3-4-5-6-7-8-9-10-11-12-13-14-15-16-17-18-19-20-21-22-24-25-23/h2-22H2,1H3. The fourth-order valence-corrected chi connectivity index (χ4v) is 3.48. The Morgan fingerprint density at radius 3 is 1.04 bits per heavy atom. The lowest BCUT2D eigenvalue weighted by Gasteiger charge is -2.04. The van der Waals surface area contributed by atoms with E-state index in [1.165, 1.54) is 122 Å². The summed E-state index contributed by atoms with van der Waals surface area (Å²) in [6.45, 7) is 2.97. The molecule has 0 aliphatic heterocycles. The molecule has 0 aliphatic rings. The third kappa shape index (κ3) is 23.3. The molecule has 0 saturated heterocycles. The number of hydrogen-bond donors (Lipinski definition) is 0. The van der Waals surface area contributed by atoms with Gasteiger partial charge in [0.1, 0.15) is 0 Å². The second-order valence-electron chi connectivity index (χ2n) is 7.67. The van der Waals surface area contributed by atoms with Crippen LogP contribution in [-0.2, 0) is 0 Å². The first-order chi connectivity index (χ1) is 12.4. The van der Waals surface area contributed by atoms with Gasteiger partial charge in [-0.1, -0.05) is 134 Å². The monoisotopic (exact) mass is 351 g/mol. The summed E-state index contributed by atoms with van der Waals surface area (Å²) in [6, 6.07) is 0. The third-order valence-corrected chi connectivity index (χ3v) is 5.17. The second kappa shape index (κ2) is 23.3. The van der Waals surface area contributed by atoms with Crippen molar-refractivity contribution in [2.24, 2.45) is 5.11 Å². The van der Waals surface area contributed by atoms with Gasteiger partial charge in [0.25, 0.3) is 0 Å². The molecule has 3 heteroatoms. The van der Waals surface area contributed by atoms with Crippen LogP contribution in [0.5, 0.6) is 0 Å². The Balaban J connectivity index is 2.97. The first kappa shape index (κ1) is 24.3. The first-order valence-corrected chi connectivity index (χ1v) is 11.4. The van der Waals surface area contributed by atoms with Crippen LogP contribution >= 0.6 is 0 Å². The molecule has 0 amide bonds. The van der Waals surface area contributed by atoms with Gasteiger partial charge < -0.3 is 0 Å².